The van der Waals surface area contributed by atoms with Gasteiger partial charge in [-0.1, -0.05) is 24.3 Å². The Kier molecular flexibility index (Phi) is 10.8. The maximum Gasteiger partial charge on any atom is 0.191 e. The van der Waals surface area contributed by atoms with Crippen molar-refractivity contribution in [3.05, 3.63) is 53.3 Å². The molecular formula is C22H37IN6O. The lowest BCUT2D eigenvalue weighted by atomic mass is 10.00. The molecule has 0 saturated carbocycles. The molecule has 1 atom stereocenters. The predicted molar refractivity (Wildman–Crippen MR) is 134 cm³/mol. The second-order valence-electron chi connectivity index (χ2n) is 8.00. The van der Waals surface area contributed by atoms with Crippen LogP contribution in [0, 0.1) is 0 Å². The molecule has 168 valence electrons. The van der Waals surface area contributed by atoms with Gasteiger partial charge < -0.3 is 15.7 Å². The molecule has 2 aromatic rings. The van der Waals surface area contributed by atoms with Gasteiger partial charge in [-0.25, -0.2) is 4.99 Å². The smallest absolute Gasteiger partial charge is 0.191 e. The third kappa shape index (κ3) is 7.88. The fraction of sp³-hybridized carbons (Fsp3) is 0.545. The van der Waals surface area contributed by atoms with Gasteiger partial charge in [0.1, 0.15) is 5.60 Å². The minimum atomic E-state index is -1.04. The summed E-state index contributed by atoms with van der Waals surface area (Å²) < 4.78 is 1.69. The van der Waals surface area contributed by atoms with Gasteiger partial charge in [-0.05, 0) is 45.9 Å². The number of aliphatic imine (C=N–C) groups is 1. The van der Waals surface area contributed by atoms with Crippen LogP contribution >= 0.6 is 24.0 Å². The second kappa shape index (κ2) is 12.3. The van der Waals surface area contributed by atoms with Crippen molar-refractivity contribution in [2.24, 2.45) is 12.0 Å². The van der Waals surface area contributed by atoms with E-state index in [9.17, 15) is 5.11 Å². The van der Waals surface area contributed by atoms with Crippen molar-refractivity contribution in [1.82, 2.24) is 25.3 Å². The summed E-state index contributed by atoms with van der Waals surface area (Å²) in [5.74, 6) is 0.684. The van der Waals surface area contributed by atoms with Crippen LogP contribution in [0.3, 0.4) is 0 Å². The quantitative estimate of drug-likeness (QED) is 0.265. The molecule has 1 aromatic heterocycles. The van der Waals surface area contributed by atoms with Crippen LogP contribution in [0.2, 0.25) is 0 Å². The van der Waals surface area contributed by atoms with Gasteiger partial charge in [0.05, 0.1) is 19.3 Å². The van der Waals surface area contributed by atoms with Crippen molar-refractivity contribution in [2.45, 2.75) is 52.4 Å². The Bertz CT molecular complexity index is 802. The molecule has 7 nitrogen and oxygen atoms in total. The number of benzene rings is 1. The van der Waals surface area contributed by atoms with Gasteiger partial charge >= 0.3 is 0 Å². The first kappa shape index (κ1) is 26.4. The maximum absolute atomic E-state index is 10.8. The number of aryl methyl sites for hydroxylation is 1. The molecule has 0 bridgehead atoms. The van der Waals surface area contributed by atoms with Crippen LogP contribution in [0.4, 0.5) is 0 Å². The Hall–Kier alpha value is -1.65. The molecule has 1 unspecified atom stereocenters. The Morgan fingerprint density at radius 1 is 1.27 bits per heavy atom. The van der Waals surface area contributed by atoms with Crippen LogP contribution in [-0.4, -0.2) is 51.9 Å². The van der Waals surface area contributed by atoms with Gasteiger partial charge in [-0.2, -0.15) is 5.10 Å². The van der Waals surface area contributed by atoms with Crippen molar-refractivity contribution in [1.29, 1.82) is 0 Å². The Morgan fingerprint density at radius 2 is 1.93 bits per heavy atom. The number of halogens is 1. The first-order valence-corrected chi connectivity index (χ1v) is 10.2. The largest absolute Gasteiger partial charge is 0.383 e. The van der Waals surface area contributed by atoms with Gasteiger partial charge in [0.15, 0.2) is 5.96 Å². The van der Waals surface area contributed by atoms with Crippen LogP contribution in [0.25, 0.3) is 0 Å². The standard InChI is InChI=1S/C22H36N6O.HI/c1-7-23-21(25-16-22(4,29)20-13-26-28(6)15-20)24-12-18-10-8-9-11-19(18)14-27(5)17(2)3;/h8-11,13,15,17,29H,7,12,14,16H2,1-6H3,(H2,23,24,25);1H. The maximum atomic E-state index is 10.8. The normalized spacial score (nSPS) is 13.8. The van der Waals surface area contributed by atoms with Crippen LogP contribution < -0.4 is 10.6 Å². The molecular weight excluding hydrogens is 491 g/mol. The van der Waals surface area contributed by atoms with E-state index in [1.807, 2.05) is 20.2 Å². The topological polar surface area (TPSA) is 77.7 Å². The second-order valence-corrected chi connectivity index (χ2v) is 8.00. The molecule has 0 aliphatic heterocycles. The SMILES string of the molecule is CCNC(=NCc1ccccc1CN(C)C(C)C)NCC(C)(O)c1cnn(C)c1.I. The lowest BCUT2D eigenvalue weighted by Gasteiger charge is -2.24. The lowest BCUT2D eigenvalue weighted by Crippen LogP contribution is -2.44. The van der Waals surface area contributed by atoms with Gasteiger partial charge in [0, 0.05) is 37.9 Å². The molecule has 30 heavy (non-hydrogen) atoms. The van der Waals surface area contributed by atoms with Crippen LogP contribution in [0.1, 0.15) is 44.4 Å². The third-order valence-electron chi connectivity index (χ3n) is 5.10. The summed E-state index contributed by atoms with van der Waals surface area (Å²) in [6, 6.07) is 8.91. The summed E-state index contributed by atoms with van der Waals surface area (Å²) in [5.41, 5.74) is 2.22. The van der Waals surface area contributed by atoms with E-state index in [4.69, 9.17) is 4.99 Å². The Labute approximate surface area is 198 Å². The summed E-state index contributed by atoms with van der Waals surface area (Å²) in [7, 11) is 3.98. The van der Waals surface area contributed by atoms with Gasteiger partial charge in [-0.3, -0.25) is 9.58 Å². The highest BCUT2D eigenvalue weighted by Crippen LogP contribution is 2.18. The molecule has 8 heteroatoms. The number of rotatable bonds is 9. The number of hydrogen-bond acceptors (Lipinski definition) is 4. The van der Waals surface area contributed by atoms with E-state index in [-0.39, 0.29) is 24.0 Å². The summed E-state index contributed by atoms with van der Waals surface area (Å²) >= 11 is 0. The van der Waals surface area contributed by atoms with Crippen LogP contribution in [-0.2, 0) is 25.7 Å². The minimum absolute atomic E-state index is 0. The van der Waals surface area contributed by atoms with E-state index in [1.54, 1.807) is 17.8 Å². The Balaban J connectivity index is 0.00000450. The Morgan fingerprint density at radius 3 is 2.50 bits per heavy atom. The molecule has 1 aromatic carbocycles. The summed E-state index contributed by atoms with van der Waals surface area (Å²) in [4.78, 5) is 7.06. The number of aromatic nitrogens is 2. The zero-order valence-corrected chi connectivity index (χ0v) is 21.3. The lowest BCUT2D eigenvalue weighted by molar-refractivity contribution is 0.0616. The molecule has 0 aliphatic rings. The number of guanidine groups is 1. The fourth-order valence-corrected chi connectivity index (χ4v) is 2.88. The number of aliphatic hydroxyl groups is 1. The molecule has 0 radical (unpaired) electrons. The summed E-state index contributed by atoms with van der Waals surface area (Å²) in [5, 5.41) is 21.5. The number of nitrogens with one attached hydrogen (secondary N) is 2. The van der Waals surface area contributed by atoms with E-state index < -0.39 is 5.60 Å². The van der Waals surface area contributed by atoms with E-state index in [1.165, 1.54) is 11.1 Å². The van der Waals surface area contributed by atoms with Crippen LogP contribution in [0.15, 0.2) is 41.7 Å². The monoisotopic (exact) mass is 528 g/mol. The highest BCUT2D eigenvalue weighted by atomic mass is 127. The third-order valence-corrected chi connectivity index (χ3v) is 5.10. The molecule has 2 rings (SSSR count). The highest BCUT2D eigenvalue weighted by molar-refractivity contribution is 14.0. The zero-order valence-electron chi connectivity index (χ0n) is 19.0. The van der Waals surface area contributed by atoms with Crippen molar-refractivity contribution in [2.75, 3.05) is 20.1 Å². The summed E-state index contributed by atoms with van der Waals surface area (Å²) in [6.45, 7) is 10.8. The number of hydrogen-bond donors (Lipinski definition) is 3. The van der Waals surface area contributed by atoms with Crippen molar-refractivity contribution >= 4 is 29.9 Å². The molecule has 0 saturated heterocycles. The van der Waals surface area contributed by atoms with Crippen LogP contribution in [0.5, 0.6) is 0 Å². The molecule has 0 amide bonds. The van der Waals surface area contributed by atoms with Gasteiger partial charge in [0.25, 0.3) is 0 Å². The summed E-state index contributed by atoms with van der Waals surface area (Å²) in [6.07, 6.45) is 3.51. The first-order valence-electron chi connectivity index (χ1n) is 10.2. The molecule has 3 N–H and O–H groups in total. The number of nitrogens with zero attached hydrogens (tertiary/aromatic N) is 4. The fourth-order valence-electron chi connectivity index (χ4n) is 2.88. The minimum Gasteiger partial charge on any atom is -0.383 e. The molecule has 0 fully saturated rings. The highest BCUT2D eigenvalue weighted by Gasteiger charge is 2.25. The van der Waals surface area contributed by atoms with Crippen molar-refractivity contribution in [3.63, 3.8) is 0 Å². The molecule has 1 heterocycles. The first-order chi connectivity index (χ1) is 13.7. The van der Waals surface area contributed by atoms with Gasteiger partial charge in [0.2, 0.25) is 0 Å². The van der Waals surface area contributed by atoms with Gasteiger partial charge in [-0.15, -0.1) is 24.0 Å². The van der Waals surface area contributed by atoms with E-state index in [2.05, 4.69) is 65.8 Å². The average Bonchev–Trinajstić information content (AvgIpc) is 3.12. The van der Waals surface area contributed by atoms with Crippen molar-refractivity contribution < 1.29 is 5.11 Å². The average molecular weight is 528 g/mol. The predicted octanol–water partition coefficient (Wildman–Crippen LogP) is 2.84. The van der Waals surface area contributed by atoms with E-state index in [0.717, 1.165) is 18.7 Å². The zero-order chi connectivity index (χ0) is 21.4. The van der Waals surface area contributed by atoms with E-state index >= 15 is 0 Å². The molecule has 0 aliphatic carbocycles. The molecule has 0 spiro atoms. The van der Waals surface area contributed by atoms with E-state index in [0.29, 0.717) is 25.1 Å². The van der Waals surface area contributed by atoms with Crippen molar-refractivity contribution in [3.8, 4) is 0 Å².